The molecule has 2 unspecified atom stereocenters. The number of piperazine rings is 1. The zero-order valence-corrected chi connectivity index (χ0v) is 16.5. The summed E-state index contributed by atoms with van der Waals surface area (Å²) in [6, 6.07) is 16.6. The van der Waals surface area contributed by atoms with Gasteiger partial charge in [-0.3, -0.25) is 10.2 Å². The third-order valence-corrected chi connectivity index (χ3v) is 5.75. The number of benzene rings is 2. The van der Waals surface area contributed by atoms with Gasteiger partial charge in [0.2, 0.25) is 5.91 Å². The second-order valence-electron chi connectivity index (χ2n) is 7.53. The van der Waals surface area contributed by atoms with E-state index in [-0.39, 0.29) is 17.9 Å². The number of hydrogen-bond acceptors (Lipinski definition) is 5. The molecule has 2 aromatic carbocycles. The van der Waals surface area contributed by atoms with Crippen LogP contribution in [0.3, 0.4) is 0 Å². The summed E-state index contributed by atoms with van der Waals surface area (Å²) in [5.41, 5.74) is 10.00. The van der Waals surface area contributed by atoms with Gasteiger partial charge in [-0.15, -0.1) is 0 Å². The molecular formula is C22H28N4O2. The standard InChI is InChI=1S/C22H28N4O2/c1-16-6-8-17(9-7-16)21-20(15-23-24-21)22(27)26-12-10-25(11-13-26)18-4-3-5-19(14-18)28-2/h3-9,14,20-21,23-24H,10-13,15H2,1-2H3. The normalized spacial score (nSPS) is 22.4. The molecule has 0 aromatic heterocycles. The van der Waals surface area contributed by atoms with E-state index in [2.05, 4.69) is 59.1 Å². The molecule has 2 aliphatic heterocycles. The van der Waals surface area contributed by atoms with Gasteiger partial charge in [-0.05, 0) is 24.6 Å². The molecule has 148 valence electrons. The van der Waals surface area contributed by atoms with Crippen LogP contribution in [0.5, 0.6) is 5.75 Å². The van der Waals surface area contributed by atoms with Crippen molar-refractivity contribution in [3.05, 3.63) is 59.7 Å². The Morgan fingerprint density at radius 1 is 1.07 bits per heavy atom. The highest BCUT2D eigenvalue weighted by Crippen LogP contribution is 2.28. The van der Waals surface area contributed by atoms with Crippen LogP contribution in [0.1, 0.15) is 17.2 Å². The van der Waals surface area contributed by atoms with Crippen molar-refractivity contribution in [1.29, 1.82) is 0 Å². The molecule has 1 amide bonds. The van der Waals surface area contributed by atoms with Crippen molar-refractivity contribution in [3.63, 3.8) is 0 Å². The SMILES string of the molecule is COc1cccc(N2CCN(C(=O)C3CNNC3c3ccc(C)cc3)CC2)c1. The number of hydrogen-bond donors (Lipinski definition) is 2. The largest absolute Gasteiger partial charge is 0.497 e. The molecule has 2 heterocycles. The minimum atomic E-state index is -0.0777. The highest BCUT2D eigenvalue weighted by molar-refractivity contribution is 5.80. The van der Waals surface area contributed by atoms with Crippen LogP contribution in [-0.2, 0) is 4.79 Å². The van der Waals surface area contributed by atoms with Crippen molar-refractivity contribution in [3.8, 4) is 5.75 Å². The summed E-state index contributed by atoms with van der Waals surface area (Å²) in [6.07, 6.45) is 0. The maximum atomic E-state index is 13.2. The van der Waals surface area contributed by atoms with Crippen LogP contribution in [-0.4, -0.2) is 50.6 Å². The van der Waals surface area contributed by atoms with E-state index < -0.39 is 0 Å². The number of ether oxygens (including phenoxy) is 1. The molecule has 4 rings (SSSR count). The highest BCUT2D eigenvalue weighted by Gasteiger charge is 2.37. The quantitative estimate of drug-likeness (QED) is 0.851. The molecule has 28 heavy (non-hydrogen) atoms. The zero-order valence-electron chi connectivity index (χ0n) is 16.5. The Balaban J connectivity index is 1.40. The van der Waals surface area contributed by atoms with Gasteiger partial charge in [0.1, 0.15) is 5.75 Å². The predicted molar refractivity (Wildman–Crippen MR) is 110 cm³/mol. The number of nitrogens with zero attached hydrogens (tertiary/aromatic N) is 2. The lowest BCUT2D eigenvalue weighted by molar-refractivity contribution is -0.135. The van der Waals surface area contributed by atoms with Crippen molar-refractivity contribution >= 4 is 11.6 Å². The summed E-state index contributed by atoms with van der Waals surface area (Å²) in [5, 5.41) is 0. The first-order chi connectivity index (χ1) is 13.7. The highest BCUT2D eigenvalue weighted by atomic mass is 16.5. The van der Waals surface area contributed by atoms with Crippen LogP contribution in [0.15, 0.2) is 48.5 Å². The number of anilines is 1. The van der Waals surface area contributed by atoms with Gasteiger partial charge in [0.05, 0.1) is 19.1 Å². The lowest BCUT2D eigenvalue weighted by Gasteiger charge is -2.37. The fourth-order valence-corrected chi connectivity index (χ4v) is 4.04. The van der Waals surface area contributed by atoms with E-state index >= 15 is 0 Å². The van der Waals surface area contributed by atoms with Gasteiger partial charge in [-0.1, -0.05) is 35.9 Å². The van der Waals surface area contributed by atoms with Crippen LogP contribution >= 0.6 is 0 Å². The molecule has 2 N–H and O–H groups in total. The fourth-order valence-electron chi connectivity index (χ4n) is 4.04. The third kappa shape index (κ3) is 3.84. The summed E-state index contributed by atoms with van der Waals surface area (Å²) in [5.74, 6) is 1.01. The molecule has 2 saturated heterocycles. The third-order valence-electron chi connectivity index (χ3n) is 5.75. The molecular weight excluding hydrogens is 352 g/mol. The van der Waals surface area contributed by atoms with Gasteiger partial charge in [0.25, 0.3) is 0 Å². The van der Waals surface area contributed by atoms with Gasteiger partial charge < -0.3 is 14.5 Å². The second-order valence-corrected chi connectivity index (χ2v) is 7.53. The zero-order chi connectivity index (χ0) is 19.5. The minimum Gasteiger partial charge on any atom is -0.497 e. The molecule has 2 atom stereocenters. The molecule has 2 fully saturated rings. The van der Waals surface area contributed by atoms with Gasteiger partial charge in [0, 0.05) is 44.5 Å². The van der Waals surface area contributed by atoms with Crippen LogP contribution < -0.4 is 20.5 Å². The molecule has 0 aliphatic carbocycles. The van der Waals surface area contributed by atoms with Crippen LogP contribution in [0, 0.1) is 12.8 Å². The summed E-state index contributed by atoms with van der Waals surface area (Å²) in [4.78, 5) is 17.5. The van der Waals surface area contributed by atoms with E-state index in [1.807, 2.05) is 17.0 Å². The van der Waals surface area contributed by atoms with Crippen LogP contribution in [0.25, 0.3) is 0 Å². The molecule has 0 radical (unpaired) electrons. The summed E-state index contributed by atoms with van der Waals surface area (Å²) in [7, 11) is 1.68. The number of carbonyl (C=O) groups is 1. The summed E-state index contributed by atoms with van der Waals surface area (Å²) < 4.78 is 5.33. The van der Waals surface area contributed by atoms with E-state index in [9.17, 15) is 4.79 Å². The Bertz CT molecular complexity index is 816. The molecule has 2 aliphatic rings. The molecule has 6 nitrogen and oxygen atoms in total. The number of carbonyl (C=O) groups excluding carboxylic acids is 1. The molecule has 2 aromatic rings. The molecule has 0 bridgehead atoms. The van der Waals surface area contributed by atoms with Crippen LogP contribution in [0.2, 0.25) is 0 Å². The van der Waals surface area contributed by atoms with Crippen molar-refractivity contribution in [2.45, 2.75) is 13.0 Å². The Hall–Kier alpha value is -2.57. The first-order valence-electron chi connectivity index (χ1n) is 9.88. The maximum Gasteiger partial charge on any atom is 0.229 e. The number of methoxy groups -OCH3 is 1. The Kier molecular flexibility index (Phi) is 5.50. The Labute approximate surface area is 166 Å². The van der Waals surface area contributed by atoms with E-state index in [1.54, 1.807) is 7.11 Å². The molecule has 0 spiro atoms. The van der Waals surface area contributed by atoms with Gasteiger partial charge >= 0.3 is 0 Å². The van der Waals surface area contributed by atoms with E-state index in [0.29, 0.717) is 6.54 Å². The van der Waals surface area contributed by atoms with Crippen LogP contribution in [0.4, 0.5) is 5.69 Å². The van der Waals surface area contributed by atoms with Crippen molar-refractivity contribution in [1.82, 2.24) is 15.8 Å². The number of aryl methyl sites for hydroxylation is 1. The maximum absolute atomic E-state index is 13.2. The van der Waals surface area contributed by atoms with E-state index in [1.165, 1.54) is 5.56 Å². The predicted octanol–water partition coefficient (Wildman–Crippen LogP) is 2.12. The van der Waals surface area contributed by atoms with Gasteiger partial charge in [0.15, 0.2) is 0 Å². The summed E-state index contributed by atoms with van der Waals surface area (Å²) >= 11 is 0. The smallest absolute Gasteiger partial charge is 0.229 e. The molecule has 0 saturated carbocycles. The van der Waals surface area contributed by atoms with Crippen molar-refractivity contribution in [2.24, 2.45) is 5.92 Å². The number of nitrogens with one attached hydrogen (secondary N) is 2. The van der Waals surface area contributed by atoms with Crippen molar-refractivity contribution < 1.29 is 9.53 Å². The second kappa shape index (κ2) is 8.20. The Morgan fingerprint density at radius 3 is 2.54 bits per heavy atom. The number of rotatable bonds is 4. The molecule has 6 heteroatoms. The number of amides is 1. The van der Waals surface area contributed by atoms with Gasteiger partial charge in [-0.25, -0.2) is 5.43 Å². The minimum absolute atomic E-state index is 0.0181. The Morgan fingerprint density at radius 2 is 1.82 bits per heavy atom. The lowest BCUT2D eigenvalue weighted by atomic mass is 9.93. The fraction of sp³-hybridized carbons (Fsp3) is 0.409. The van der Waals surface area contributed by atoms with Gasteiger partial charge in [-0.2, -0.15) is 0 Å². The van der Waals surface area contributed by atoms with Crippen molar-refractivity contribution in [2.75, 3.05) is 44.7 Å². The first-order valence-corrected chi connectivity index (χ1v) is 9.88. The first kappa shape index (κ1) is 18.8. The summed E-state index contributed by atoms with van der Waals surface area (Å²) in [6.45, 7) is 5.89. The lowest BCUT2D eigenvalue weighted by Crippen LogP contribution is -2.51. The van der Waals surface area contributed by atoms with E-state index in [0.717, 1.165) is 43.2 Å². The number of hydrazine groups is 1. The monoisotopic (exact) mass is 380 g/mol. The topological polar surface area (TPSA) is 56.8 Å². The average Bonchev–Trinajstić information content (AvgIpc) is 3.24. The van der Waals surface area contributed by atoms with E-state index in [4.69, 9.17) is 4.74 Å². The average molecular weight is 380 g/mol.